The van der Waals surface area contributed by atoms with Gasteiger partial charge in [-0.05, 0) is 41.5 Å². The largest absolute Gasteiger partial charge is 0.398 e. The Hall–Kier alpha value is -1.02. The van der Waals surface area contributed by atoms with Gasteiger partial charge in [-0.15, -0.1) is 0 Å². The summed E-state index contributed by atoms with van der Waals surface area (Å²) in [6, 6.07) is 4.31. The molecule has 0 amide bonds. The molecule has 1 atom stereocenters. The van der Waals surface area contributed by atoms with E-state index in [0.717, 1.165) is 18.5 Å². The smallest absolute Gasteiger partial charge is 0.0365 e. The van der Waals surface area contributed by atoms with Gasteiger partial charge in [0.05, 0.1) is 0 Å². The molecular weight excluding hydrogens is 172 g/mol. The van der Waals surface area contributed by atoms with Crippen LogP contribution in [-0.4, -0.2) is 0 Å². The van der Waals surface area contributed by atoms with Crippen LogP contribution in [0.4, 0.5) is 5.69 Å². The van der Waals surface area contributed by atoms with E-state index in [1.54, 1.807) is 0 Å². The van der Waals surface area contributed by atoms with E-state index in [2.05, 4.69) is 19.9 Å². The first-order chi connectivity index (χ1) is 6.61. The van der Waals surface area contributed by atoms with Crippen LogP contribution in [0.25, 0.3) is 0 Å². The number of benzene rings is 1. The average Bonchev–Trinajstić information content (AvgIpc) is 2.49. The van der Waals surface area contributed by atoms with Gasteiger partial charge >= 0.3 is 0 Å². The quantitative estimate of drug-likeness (QED) is 0.668. The number of anilines is 1. The Bertz CT molecular complexity index is 356. The van der Waals surface area contributed by atoms with Crippen molar-refractivity contribution in [1.29, 1.82) is 0 Å². The fourth-order valence-corrected chi connectivity index (χ4v) is 2.40. The molecule has 0 aliphatic heterocycles. The summed E-state index contributed by atoms with van der Waals surface area (Å²) in [4.78, 5) is 0. The van der Waals surface area contributed by atoms with E-state index in [4.69, 9.17) is 11.5 Å². The summed E-state index contributed by atoms with van der Waals surface area (Å²) in [5.41, 5.74) is 16.9. The molecule has 1 aliphatic rings. The molecule has 4 N–H and O–H groups in total. The van der Waals surface area contributed by atoms with Crippen molar-refractivity contribution < 1.29 is 0 Å². The Morgan fingerprint density at radius 2 is 2.07 bits per heavy atom. The maximum atomic E-state index is 6.04. The van der Waals surface area contributed by atoms with E-state index in [1.165, 1.54) is 16.7 Å². The van der Waals surface area contributed by atoms with Gasteiger partial charge in [-0.25, -0.2) is 0 Å². The molecule has 14 heavy (non-hydrogen) atoms. The lowest BCUT2D eigenvalue weighted by Crippen LogP contribution is -2.09. The molecule has 0 bridgehead atoms. The van der Waals surface area contributed by atoms with Gasteiger partial charge in [0, 0.05) is 11.7 Å². The van der Waals surface area contributed by atoms with Gasteiger partial charge in [-0.1, -0.05) is 19.9 Å². The highest BCUT2D eigenvalue weighted by atomic mass is 14.7. The monoisotopic (exact) mass is 190 g/mol. The van der Waals surface area contributed by atoms with E-state index in [9.17, 15) is 0 Å². The van der Waals surface area contributed by atoms with E-state index >= 15 is 0 Å². The van der Waals surface area contributed by atoms with Crippen LogP contribution >= 0.6 is 0 Å². The molecule has 2 rings (SSSR count). The molecule has 0 aromatic heterocycles. The molecule has 0 spiro atoms. The fourth-order valence-electron chi connectivity index (χ4n) is 2.40. The highest BCUT2D eigenvalue weighted by Gasteiger charge is 2.24. The minimum absolute atomic E-state index is 0.156. The topological polar surface area (TPSA) is 52.0 Å². The van der Waals surface area contributed by atoms with Crippen LogP contribution in [0.2, 0.25) is 0 Å². The Kier molecular flexibility index (Phi) is 2.23. The molecule has 0 heterocycles. The SMILES string of the molecule is CC(C)c1ccc(N)c2c1CCC2N. The summed E-state index contributed by atoms with van der Waals surface area (Å²) in [6.07, 6.45) is 2.14. The molecule has 0 fully saturated rings. The molecule has 76 valence electrons. The van der Waals surface area contributed by atoms with E-state index < -0.39 is 0 Å². The lowest BCUT2D eigenvalue weighted by Gasteiger charge is -2.14. The van der Waals surface area contributed by atoms with Crippen LogP contribution in [0.1, 0.15) is 48.9 Å². The van der Waals surface area contributed by atoms with Crippen molar-refractivity contribution in [1.82, 2.24) is 0 Å². The van der Waals surface area contributed by atoms with Gasteiger partial charge in [-0.2, -0.15) is 0 Å². The number of rotatable bonds is 1. The first-order valence-electron chi connectivity index (χ1n) is 5.28. The Morgan fingerprint density at radius 3 is 2.71 bits per heavy atom. The van der Waals surface area contributed by atoms with Crippen LogP contribution in [0, 0.1) is 0 Å². The summed E-state index contributed by atoms with van der Waals surface area (Å²) in [5.74, 6) is 0.564. The van der Waals surface area contributed by atoms with Crippen LogP contribution in [0.15, 0.2) is 12.1 Å². The van der Waals surface area contributed by atoms with Gasteiger partial charge in [0.1, 0.15) is 0 Å². The van der Waals surface area contributed by atoms with E-state index in [-0.39, 0.29) is 6.04 Å². The van der Waals surface area contributed by atoms with Crippen molar-refractivity contribution in [3.63, 3.8) is 0 Å². The summed E-state index contributed by atoms with van der Waals surface area (Å²) < 4.78 is 0. The fraction of sp³-hybridized carbons (Fsp3) is 0.500. The third-order valence-electron chi connectivity index (χ3n) is 3.13. The number of nitrogens with two attached hydrogens (primary N) is 2. The normalized spacial score (nSPS) is 20.1. The molecule has 1 unspecified atom stereocenters. The predicted octanol–water partition coefficient (Wildman–Crippen LogP) is 2.34. The molecule has 1 aromatic carbocycles. The number of nitrogen functional groups attached to an aromatic ring is 1. The first kappa shape index (κ1) is 9.53. The second-order valence-corrected chi connectivity index (χ2v) is 4.44. The maximum Gasteiger partial charge on any atom is 0.0365 e. The predicted molar refractivity (Wildman–Crippen MR) is 60.2 cm³/mol. The molecular formula is C12H18N2. The lowest BCUT2D eigenvalue weighted by molar-refractivity contribution is 0.714. The Labute approximate surface area is 85.3 Å². The second kappa shape index (κ2) is 3.28. The van der Waals surface area contributed by atoms with Crippen molar-refractivity contribution in [2.75, 3.05) is 5.73 Å². The summed E-state index contributed by atoms with van der Waals surface area (Å²) in [5, 5.41) is 0. The zero-order valence-electron chi connectivity index (χ0n) is 8.88. The lowest BCUT2D eigenvalue weighted by atomic mass is 9.93. The molecule has 1 aliphatic carbocycles. The third kappa shape index (κ3) is 1.30. The van der Waals surface area contributed by atoms with Crippen LogP contribution in [0.3, 0.4) is 0 Å². The Morgan fingerprint density at radius 1 is 1.36 bits per heavy atom. The average molecular weight is 190 g/mol. The van der Waals surface area contributed by atoms with Gasteiger partial charge in [0.25, 0.3) is 0 Å². The summed E-state index contributed by atoms with van der Waals surface area (Å²) in [6.45, 7) is 4.44. The zero-order chi connectivity index (χ0) is 10.3. The van der Waals surface area contributed by atoms with Crippen LogP contribution in [-0.2, 0) is 6.42 Å². The first-order valence-corrected chi connectivity index (χ1v) is 5.28. The minimum atomic E-state index is 0.156. The minimum Gasteiger partial charge on any atom is -0.398 e. The van der Waals surface area contributed by atoms with Crippen molar-refractivity contribution >= 4 is 5.69 Å². The molecule has 0 saturated carbocycles. The molecule has 0 radical (unpaired) electrons. The van der Waals surface area contributed by atoms with Gasteiger partial charge in [0.15, 0.2) is 0 Å². The second-order valence-electron chi connectivity index (χ2n) is 4.44. The molecule has 2 nitrogen and oxygen atoms in total. The molecule has 2 heteroatoms. The zero-order valence-corrected chi connectivity index (χ0v) is 8.88. The van der Waals surface area contributed by atoms with Crippen molar-refractivity contribution in [3.8, 4) is 0 Å². The Balaban J connectivity index is 2.59. The summed E-state index contributed by atoms with van der Waals surface area (Å²) in [7, 11) is 0. The van der Waals surface area contributed by atoms with Gasteiger partial charge in [-0.3, -0.25) is 0 Å². The van der Waals surface area contributed by atoms with Crippen molar-refractivity contribution in [2.45, 2.75) is 38.6 Å². The number of hydrogen-bond acceptors (Lipinski definition) is 2. The highest BCUT2D eigenvalue weighted by Crippen LogP contribution is 2.38. The van der Waals surface area contributed by atoms with E-state index in [1.807, 2.05) is 6.07 Å². The van der Waals surface area contributed by atoms with E-state index in [0.29, 0.717) is 5.92 Å². The highest BCUT2D eigenvalue weighted by molar-refractivity contribution is 5.58. The molecule has 1 aromatic rings. The van der Waals surface area contributed by atoms with Crippen LogP contribution in [0.5, 0.6) is 0 Å². The maximum absolute atomic E-state index is 6.04. The van der Waals surface area contributed by atoms with Gasteiger partial charge < -0.3 is 11.5 Å². The number of fused-ring (bicyclic) bond motifs is 1. The van der Waals surface area contributed by atoms with Crippen molar-refractivity contribution in [3.05, 3.63) is 28.8 Å². The van der Waals surface area contributed by atoms with Gasteiger partial charge in [0.2, 0.25) is 0 Å². The molecule has 0 saturated heterocycles. The van der Waals surface area contributed by atoms with Crippen LogP contribution < -0.4 is 11.5 Å². The van der Waals surface area contributed by atoms with Crippen molar-refractivity contribution in [2.24, 2.45) is 5.73 Å². The third-order valence-corrected chi connectivity index (χ3v) is 3.13. The summed E-state index contributed by atoms with van der Waals surface area (Å²) >= 11 is 0. The number of hydrogen-bond donors (Lipinski definition) is 2. The standard InChI is InChI=1S/C12H18N2/c1-7(2)8-3-5-10(13)12-9(8)4-6-11(12)14/h3,5,7,11H,4,6,13-14H2,1-2H3.